The van der Waals surface area contributed by atoms with Gasteiger partial charge in [0.25, 0.3) is 5.91 Å². The lowest BCUT2D eigenvalue weighted by Crippen LogP contribution is -2.51. The number of aromatic nitrogens is 2. The number of nitrogens with zero attached hydrogens (tertiary/aromatic N) is 3. The number of likely N-dealkylation sites (tertiary alicyclic amines) is 1. The summed E-state index contributed by atoms with van der Waals surface area (Å²) in [5.41, 5.74) is 0.969. The van der Waals surface area contributed by atoms with Crippen LogP contribution in [0.2, 0.25) is 0 Å². The van der Waals surface area contributed by atoms with Crippen LogP contribution < -0.4 is 10.7 Å². The first-order valence-corrected chi connectivity index (χ1v) is 9.63. The van der Waals surface area contributed by atoms with Crippen LogP contribution in [0, 0.1) is 12.8 Å². The molecule has 1 N–H and O–H groups in total. The van der Waals surface area contributed by atoms with E-state index in [4.69, 9.17) is 0 Å². The monoisotopic (exact) mass is 382 g/mol. The van der Waals surface area contributed by atoms with E-state index in [-0.39, 0.29) is 29.0 Å². The van der Waals surface area contributed by atoms with Crippen LogP contribution in [-0.2, 0) is 4.79 Å². The van der Waals surface area contributed by atoms with E-state index in [1.807, 2.05) is 44.2 Å². The lowest BCUT2D eigenvalue weighted by Gasteiger charge is -2.33. The van der Waals surface area contributed by atoms with Crippen molar-refractivity contribution in [3.05, 3.63) is 58.0 Å². The molecule has 0 radical (unpaired) electrons. The Morgan fingerprint density at radius 3 is 2.61 bits per heavy atom. The van der Waals surface area contributed by atoms with Crippen molar-refractivity contribution in [3.8, 4) is 5.69 Å². The van der Waals surface area contributed by atoms with Crippen molar-refractivity contribution in [2.24, 2.45) is 5.92 Å². The summed E-state index contributed by atoms with van der Waals surface area (Å²) in [6, 6.07) is 10.7. The summed E-state index contributed by atoms with van der Waals surface area (Å²) in [4.78, 5) is 39.1. The third-order valence-electron chi connectivity index (χ3n) is 4.89. The maximum Gasteiger partial charge on any atom is 0.278 e. The minimum Gasteiger partial charge on any atom is -0.351 e. The molecule has 1 atom stereocenters. The zero-order chi connectivity index (χ0) is 20.3. The van der Waals surface area contributed by atoms with E-state index in [0.29, 0.717) is 18.8 Å². The lowest BCUT2D eigenvalue weighted by atomic mass is 10.0. The number of carbonyl (C=O) groups excluding carboxylic acids is 2. The predicted octanol–water partition coefficient (Wildman–Crippen LogP) is 1.92. The summed E-state index contributed by atoms with van der Waals surface area (Å²) in [6.07, 6.45) is 1.59. The van der Waals surface area contributed by atoms with Crippen LogP contribution in [0.5, 0.6) is 0 Å². The highest BCUT2D eigenvalue weighted by molar-refractivity contribution is 5.92. The summed E-state index contributed by atoms with van der Waals surface area (Å²) < 4.78 is 1.61. The van der Waals surface area contributed by atoms with Crippen LogP contribution in [0.15, 0.2) is 41.2 Å². The molecule has 1 aromatic carbocycles. The van der Waals surface area contributed by atoms with Crippen LogP contribution in [-0.4, -0.2) is 45.6 Å². The Hall–Kier alpha value is -2.96. The Bertz CT molecular complexity index is 921. The van der Waals surface area contributed by atoms with Gasteiger partial charge in [-0.2, -0.15) is 5.10 Å². The van der Waals surface area contributed by atoms with E-state index >= 15 is 0 Å². The normalized spacial score (nSPS) is 16.9. The van der Waals surface area contributed by atoms with Gasteiger partial charge in [0.15, 0.2) is 5.69 Å². The number of hydrogen-bond acceptors (Lipinski definition) is 4. The number of piperidine rings is 1. The number of carbonyl (C=O) groups is 2. The number of benzene rings is 1. The van der Waals surface area contributed by atoms with E-state index in [1.165, 1.54) is 6.07 Å². The van der Waals surface area contributed by atoms with Crippen molar-refractivity contribution in [2.45, 2.75) is 39.7 Å². The molecule has 1 aromatic heterocycles. The average molecular weight is 382 g/mol. The molecule has 0 saturated carbocycles. The number of hydrogen-bond donors (Lipinski definition) is 1. The van der Waals surface area contributed by atoms with E-state index in [1.54, 1.807) is 16.5 Å². The quantitative estimate of drug-likeness (QED) is 0.876. The maximum absolute atomic E-state index is 13.0. The van der Waals surface area contributed by atoms with Gasteiger partial charge < -0.3 is 10.2 Å². The zero-order valence-corrected chi connectivity index (χ0v) is 16.5. The van der Waals surface area contributed by atoms with Crippen molar-refractivity contribution in [3.63, 3.8) is 0 Å². The molecule has 148 valence electrons. The van der Waals surface area contributed by atoms with Gasteiger partial charge in [-0.3, -0.25) is 14.4 Å². The van der Waals surface area contributed by atoms with Crippen molar-refractivity contribution < 1.29 is 9.59 Å². The second-order valence-electron chi connectivity index (χ2n) is 7.50. The standard InChI is InChI=1S/C21H26N4O3/c1-14(2)20(27)22-16-8-7-11-24(13-16)21(28)19-18(26)12-15(3)25(23-19)17-9-5-4-6-10-17/h4-6,9-10,12,14,16H,7-8,11,13H2,1-3H3,(H,22,27)/t16-/m1/s1. The number of para-hydroxylation sites is 1. The molecule has 0 spiro atoms. The van der Waals surface area contributed by atoms with Crippen LogP contribution in [0.3, 0.4) is 0 Å². The highest BCUT2D eigenvalue weighted by Crippen LogP contribution is 2.14. The minimum absolute atomic E-state index is 0.0285. The van der Waals surface area contributed by atoms with Gasteiger partial charge in [0, 0.05) is 36.8 Å². The Morgan fingerprint density at radius 2 is 1.93 bits per heavy atom. The van der Waals surface area contributed by atoms with Crippen LogP contribution in [0.4, 0.5) is 0 Å². The predicted molar refractivity (Wildman–Crippen MR) is 106 cm³/mol. The molecule has 2 amide bonds. The van der Waals surface area contributed by atoms with Crippen molar-refractivity contribution in [1.29, 1.82) is 0 Å². The molecule has 1 aliphatic heterocycles. The molecule has 7 nitrogen and oxygen atoms in total. The zero-order valence-electron chi connectivity index (χ0n) is 16.5. The molecule has 0 bridgehead atoms. The van der Waals surface area contributed by atoms with Gasteiger partial charge in [0.2, 0.25) is 11.3 Å². The highest BCUT2D eigenvalue weighted by Gasteiger charge is 2.28. The first-order valence-electron chi connectivity index (χ1n) is 9.63. The molecule has 28 heavy (non-hydrogen) atoms. The van der Waals surface area contributed by atoms with Gasteiger partial charge in [-0.1, -0.05) is 32.0 Å². The third kappa shape index (κ3) is 4.30. The van der Waals surface area contributed by atoms with Crippen molar-refractivity contribution >= 4 is 11.8 Å². The second kappa shape index (κ2) is 8.37. The highest BCUT2D eigenvalue weighted by atomic mass is 16.2. The SMILES string of the molecule is Cc1cc(=O)c(C(=O)N2CCC[C@@H](NC(=O)C(C)C)C2)nn1-c1ccccc1. The molecule has 2 heterocycles. The van der Waals surface area contributed by atoms with Gasteiger partial charge >= 0.3 is 0 Å². The minimum atomic E-state index is -0.391. The van der Waals surface area contributed by atoms with Gasteiger partial charge in [0.05, 0.1) is 5.69 Å². The van der Waals surface area contributed by atoms with Crippen LogP contribution in [0.25, 0.3) is 5.69 Å². The number of rotatable bonds is 4. The summed E-state index contributed by atoms with van der Waals surface area (Å²) in [5, 5.41) is 7.34. The molecule has 7 heteroatoms. The van der Waals surface area contributed by atoms with Gasteiger partial charge in [-0.15, -0.1) is 0 Å². The molecule has 2 aromatic rings. The first kappa shape index (κ1) is 19.8. The maximum atomic E-state index is 13.0. The summed E-state index contributed by atoms with van der Waals surface area (Å²) >= 11 is 0. The number of nitrogens with one attached hydrogen (secondary N) is 1. The van der Waals surface area contributed by atoms with E-state index < -0.39 is 5.91 Å². The van der Waals surface area contributed by atoms with E-state index in [9.17, 15) is 14.4 Å². The van der Waals surface area contributed by atoms with Gasteiger partial charge in [-0.05, 0) is 31.9 Å². The van der Waals surface area contributed by atoms with Gasteiger partial charge in [-0.25, -0.2) is 4.68 Å². The Morgan fingerprint density at radius 1 is 1.21 bits per heavy atom. The summed E-state index contributed by atoms with van der Waals surface area (Å²) in [5.74, 6) is -0.528. The molecule has 3 rings (SSSR count). The van der Waals surface area contributed by atoms with Crippen molar-refractivity contribution in [2.75, 3.05) is 13.1 Å². The smallest absolute Gasteiger partial charge is 0.278 e. The summed E-state index contributed by atoms with van der Waals surface area (Å²) in [6.45, 7) is 6.39. The fourth-order valence-electron chi connectivity index (χ4n) is 3.32. The van der Waals surface area contributed by atoms with E-state index in [2.05, 4.69) is 10.4 Å². The van der Waals surface area contributed by atoms with E-state index in [0.717, 1.165) is 18.5 Å². The Labute approximate surface area is 164 Å². The topological polar surface area (TPSA) is 84.3 Å². The molecule has 1 fully saturated rings. The Kier molecular flexibility index (Phi) is 5.92. The second-order valence-corrected chi connectivity index (χ2v) is 7.50. The molecule has 0 aliphatic carbocycles. The van der Waals surface area contributed by atoms with Gasteiger partial charge in [0.1, 0.15) is 0 Å². The Balaban J connectivity index is 1.84. The molecule has 0 unspecified atom stereocenters. The molecular weight excluding hydrogens is 356 g/mol. The number of aryl methyl sites for hydroxylation is 1. The third-order valence-corrected chi connectivity index (χ3v) is 4.89. The molecule has 1 saturated heterocycles. The fourth-order valence-corrected chi connectivity index (χ4v) is 3.32. The molecular formula is C21H26N4O3. The average Bonchev–Trinajstić information content (AvgIpc) is 2.68. The van der Waals surface area contributed by atoms with Crippen molar-refractivity contribution in [1.82, 2.24) is 20.0 Å². The van der Waals surface area contributed by atoms with Crippen LogP contribution in [0.1, 0.15) is 42.9 Å². The fraction of sp³-hybridized carbons (Fsp3) is 0.429. The first-order chi connectivity index (χ1) is 13.4. The lowest BCUT2D eigenvalue weighted by molar-refractivity contribution is -0.125. The largest absolute Gasteiger partial charge is 0.351 e. The number of amides is 2. The summed E-state index contributed by atoms with van der Waals surface area (Å²) in [7, 11) is 0. The van der Waals surface area contributed by atoms with Crippen LogP contribution >= 0.6 is 0 Å². The molecule has 1 aliphatic rings.